The van der Waals surface area contributed by atoms with Gasteiger partial charge in [-0.3, -0.25) is 4.79 Å². The quantitative estimate of drug-likeness (QED) is 0.896. The number of aromatic nitrogens is 1. The summed E-state index contributed by atoms with van der Waals surface area (Å²) in [7, 11) is 2.13. The van der Waals surface area contributed by atoms with Gasteiger partial charge in [0.1, 0.15) is 17.0 Å². The molecule has 1 amide bonds. The molecule has 0 spiro atoms. The Morgan fingerprint density at radius 2 is 1.87 bits per heavy atom. The summed E-state index contributed by atoms with van der Waals surface area (Å²) in [5.74, 6) is 0.398. The minimum atomic E-state index is -0.0813. The van der Waals surface area contributed by atoms with Crippen molar-refractivity contribution >= 4 is 29.1 Å². The summed E-state index contributed by atoms with van der Waals surface area (Å²) in [6.45, 7) is 5.02. The predicted octanol–water partition coefficient (Wildman–Crippen LogP) is 1.93. The third-order valence-corrected chi connectivity index (χ3v) is 4.81. The van der Waals surface area contributed by atoms with Crippen LogP contribution < -0.4 is 4.90 Å². The van der Waals surface area contributed by atoms with E-state index in [1.165, 1.54) is 4.90 Å². The van der Waals surface area contributed by atoms with Gasteiger partial charge < -0.3 is 14.3 Å². The molecule has 0 saturated carbocycles. The summed E-state index contributed by atoms with van der Waals surface area (Å²) in [5, 5.41) is 4.94. The Balaban J connectivity index is 2.01. The van der Waals surface area contributed by atoms with E-state index < -0.39 is 0 Å². The molecule has 3 rings (SSSR count). The van der Waals surface area contributed by atoms with E-state index in [2.05, 4.69) is 12.2 Å². The van der Waals surface area contributed by atoms with Gasteiger partial charge in [0.2, 0.25) is 0 Å². The van der Waals surface area contributed by atoms with Gasteiger partial charge in [0.25, 0.3) is 5.91 Å². The molecule has 0 atom stereocenters. The van der Waals surface area contributed by atoms with E-state index in [1.54, 1.807) is 25.1 Å². The Kier molecular flexibility index (Phi) is 4.62. The first-order valence-corrected chi connectivity index (χ1v) is 8.26. The largest absolute Gasteiger partial charge is 0.360 e. The van der Waals surface area contributed by atoms with E-state index in [9.17, 15) is 4.79 Å². The summed E-state index contributed by atoms with van der Waals surface area (Å²) in [5.41, 5.74) is 1.39. The summed E-state index contributed by atoms with van der Waals surface area (Å²) in [6, 6.07) is 5.20. The van der Waals surface area contributed by atoms with E-state index in [1.807, 2.05) is 4.90 Å². The summed E-state index contributed by atoms with van der Waals surface area (Å²) < 4.78 is 5.27. The number of hydrogen-bond donors (Lipinski definition) is 1. The molecule has 1 aromatic heterocycles. The lowest BCUT2D eigenvalue weighted by Gasteiger charge is -2.30. The lowest BCUT2D eigenvalue weighted by Crippen LogP contribution is -3.12. The van der Waals surface area contributed by atoms with Crippen LogP contribution in [0.5, 0.6) is 0 Å². The number of aryl methyl sites for hydroxylation is 1. The number of halogens is 2. The fraction of sp³-hybridized carbons (Fsp3) is 0.375. The minimum Gasteiger partial charge on any atom is -0.360 e. The van der Waals surface area contributed by atoms with Gasteiger partial charge >= 0.3 is 0 Å². The van der Waals surface area contributed by atoms with Gasteiger partial charge in [-0.2, -0.15) is 0 Å². The zero-order chi connectivity index (χ0) is 16.6. The summed E-state index contributed by atoms with van der Waals surface area (Å²) >= 11 is 12.5. The number of benzene rings is 1. The van der Waals surface area contributed by atoms with Crippen LogP contribution in [0.15, 0.2) is 22.7 Å². The van der Waals surface area contributed by atoms with Gasteiger partial charge in [0, 0.05) is 5.56 Å². The van der Waals surface area contributed by atoms with E-state index in [0.29, 0.717) is 45.7 Å². The number of amides is 1. The SMILES string of the molecule is Cc1onc(-c2c(Cl)cccc2Cl)c1C(=O)N1CC[NH+](C)CC1. The third-order valence-electron chi connectivity index (χ3n) is 4.18. The van der Waals surface area contributed by atoms with Gasteiger partial charge in [0.15, 0.2) is 0 Å². The highest BCUT2D eigenvalue weighted by atomic mass is 35.5. The molecule has 0 unspecified atom stereocenters. The second-order valence-electron chi connectivity index (χ2n) is 5.81. The van der Waals surface area contributed by atoms with Crippen molar-refractivity contribution in [3.63, 3.8) is 0 Å². The molecule has 5 nitrogen and oxygen atoms in total. The van der Waals surface area contributed by atoms with E-state index in [4.69, 9.17) is 27.7 Å². The van der Waals surface area contributed by atoms with Crippen LogP contribution in [0.3, 0.4) is 0 Å². The third kappa shape index (κ3) is 3.09. The fourth-order valence-electron chi connectivity index (χ4n) is 2.77. The van der Waals surface area contributed by atoms with E-state index in [-0.39, 0.29) is 5.91 Å². The summed E-state index contributed by atoms with van der Waals surface area (Å²) in [4.78, 5) is 16.2. The Bertz CT molecular complexity index is 717. The van der Waals surface area contributed by atoms with Crippen molar-refractivity contribution in [1.82, 2.24) is 10.1 Å². The maximum atomic E-state index is 12.9. The van der Waals surface area contributed by atoms with Crippen LogP contribution in [0.2, 0.25) is 10.0 Å². The van der Waals surface area contributed by atoms with Crippen LogP contribution >= 0.6 is 23.2 Å². The maximum Gasteiger partial charge on any atom is 0.260 e. The van der Waals surface area contributed by atoms with Crippen molar-refractivity contribution in [1.29, 1.82) is 0 Å². The number of rotatable bonds is 2. The Morgan fingerprint density at radius 1 is 1.26 bits per heavy atom. The lowest BCUT2D eigenvalue weighted by atomic mass is 10.0. The number of carbonyl (C=O) groups excluding carboxylic acids is 1. The zero-order valence-electron chi connectivity index (χ0n) is 13.0. The van der Waals surface area contributed by atoms with Crippen LogP contribution in [0.1, 0.15) is 16.1 Å². The number of piperazine rings is 1. The fourth-order valence-corrected chi connectivity index (χ4v) is 3.34. The van der Waals surface area contributed by atoms with Crippen molar-refractivity contribution in [3.8, 4) is 11.3 Å². The highest BCUT2D eigenvalue weighted by molar-refractivity contribution is 6.39. The Morgan fingerprint density at radius 3 is 2.48 bits per heavy atom. The molecule has 0 radical (unpaired) electrons. The highest BCUT2D eigenvalue weighted by Crippen LogP contribution is 2.37. The molecule has 1 saturated heterocycles. The van der Waals surface area contributed by atoms with Crippen LogP contribution in [-0.2, 0) is 0 Å². The molecule has 1 aliphatic heterocycles. The molecular weight excluding hydrogens is 337 g/mol. The standard InChI is InChI=1S/C16H17Cl2N3O2/c1-10-13(16(22)21-8-6-20(2)7-9-21)15(19-23-10)14-11(17)4-3-5-12(14)18/h3-5H,6-9H2,1-2H3/p+1. The van der Waals surface area contributed by atoms with E-state index >= 15 is 0 Å². The monoisotopic (exact) mass is 354 g/mol. The molecular formula is C16H18Cl2N3O2+. The van der Waals surface area contributed by atoms with Gasteiger partial charge in [-0.1, -0.05) is 34.4 Å². The molecule has 1 aliphatic rings. The van der Waals surface area contributed by atoms with Crippen molar-refractivity contribution < 1.29 is 14.2 Å². The highest BCUT2D eigenvalue weighted by Gasteiger charge is 2.30. The summed E-state index contributed by atoms with van der Waals surface area (Å²) in [6.07, 6.45) is 0. The lowest BCUT2D eigenvalue weighted by molar-refractivity contribution is -0.883. The van der Waals surface area contributed by atoms with Gasteiger partial charge in [-0.05, 0) is 19.1 Å². The number of nitrogens with one attached hydrogen (secondary N) is 1. The molecule has 2 aromatic rings. The molecule has 1 N–H and O–H groups in total. The second-order valence-corrected chi connectivity index (χ2v) is 6.62. The van der Waals surface area contributed by atoms with Gasteiger partial charge in [0.05, 0.1) is 43.3 Å². The maximum absolute atomic E-state index is 12.9. The average Bonchev–Trinajstić information content (AvgIpc) is 2.89. The molecule has 1 aromatic carbocycles. The normalized spacial score (nSPS) is 15.9. The van der Waals surface area contributed by atoms with Crippen molar-refractivity contribution in [2.24, 2.45) is 0 Å². The smallest absolute Gasteiger partial charge is 0.260 e. The topological polar surface area (TPSA) is 50.8 Å². The second kappa shape index (κ2) is 6.51. The number of carbonyl (C=O) groups is 1. The van der Waals surface area contributed by atoms with Crippen LogP contribution in [0.4, 0.5) is 0 Å². The van der Waals surface area contributed by atoms with Crippen molar-refractivity contribution in [2.45, 2.75) is 6.92 Å². The Labute approximate surface area is 144 Å². The van der Waals surface area contributed by atoms with Crippen molar-refractivity contribution in [2.75, 3.05) is 33.2 Å². The molecule has 7 heteroatoms. The first kappa shape index (κ1) is 16.3. The molecule has 0 bridgehead atoms. The molecule has 0 aliphatic carbocycles. The molecule has 2 heterocycles. The van der Waals surface area contributed by atoms with Crippen LogP contribution in [0, 0.1) is 6.92 Å². The number of nitrogens with zero attached hydrogens (tertiary/aromatic N) is 2. The Hall–Kier alpha value is -1.56. The van der Waals surface area contributed by atoms with Crippen LogP contribution in [-0.4, -0.2) is 49.2 Å². The first-order chi connectivity index (χ1) is 11.0. The number of likely N-dealkylation sites (N-methyl/N-ethyl adjacent to an activating group) is 1. The van der Waals surface area contributed by atoms with Crippen LogP contribution in [0.25, 0.3) is 11.3 Å². The predicted molar refractivity (Wildman–Crippen MR) is 89.2 cm³/mol. The van der Waals surface area contributed by atoms with Crippen molar-refractivity contribution in [3.05, 3.63) is 39.6 Å². The number of quaternary nitrogens is 1. The van der Waals surface area contributed by atoms with E-state index in [0.717, 1.165) is 13.1 Å². The van der Waals surface area contributed by atoms with Gasteiger partial charge in [-0.15, -0.1) is 0 Å². The van der Waals surface area contributed by atoms with Gasteiger partial charge in [-0.25, -0.2) is 0 Å². The molecule has 23 heavy (non-hydrogen) atoms. The first-order valence-electron chi connectivity index (χ1n) is 7.50. The number of hydrogen-bond acceptors (Lipinski definition) is 3. The minimum absolute atomic E-state index is 0.0813. The molecule has 1 fully saturated rings. The average molecular weight is 355 g/mol. The molecule has 122 valence electrons. The zero-order valence-corrected chi connectivity index (χ0v) is 14.5.